The first kappa shape index (κ1) is 18.1. The number of aliphatic hydroxyl groups excluding tert-OH is 1. The van der Waals surface area contributed by atoms with Gasteiger partial charge in [-0.25, -0.2) is 4.39 Å². The van der Waals surface area contributed by atoms with Gasteiger partial charge in [0, 0.05) is 31.6 Å². The van der Waals surface area contributed by atoms with Gasteiger partial charge in [0.25, 0.3) is 5.91 Å². The number of likely N-dealkylation sites (tertiary alicyclic amines) is 1. The van der Waals surface area contributed by atoms with E-state index in [-0.39, 0.29) is 34.9 Å². The molecular formula is C18H20FN3O4. The number of halogens is 1. The quantitative estimate of drug-likeness (QED) is 0.867. The summed E-state index contributed by atoms with van der Waals surface area (Å²) in [5.74, 6) is -0.823. The second-order valence-electron chi connectivity index (χ2n) is 6.39. The first-order valence-corrected chi connectivity index (χ1v) is 8.36. The Bertz CT molecular complexity index is 816. The summed E-state index contributed by atoms with van der Waals surface area (Å²) in [5, 5.41) is 16.7. The highest BCUT2D eigenvalue weighted by Gasteiger charge is 2.33. The van der Waals surface area contributed by atoms with Crippen LogP contribution in [-0.2, 0) is 4.79 Å². The number of benzene rings is 1. The van der Waals surface area contributed by atoms with E-state index in [1.54, 1.807) is 4.90 Å². The lowest BCUT2D eigenvalue weighted by Crippen LogP contribution is -2.37. The van der Waals surface area contributed by atoms with Crippen LogP contribution >= 0.6 is 0 Å². The molecule has 8 heteroatoms. The number of hydrogen-bond donors (Lipinski definition) is 2. The van der Waals surface area contributed by atoms with Gasteiger partial charge in [0.05, 0.1) is 0 Å². The Kier molecular flexibility index (Phi) is 5.03. The van der Waals surface area contributed by atoms with Gasteiger partial charge in [-0.1, -0.05) is 5.16 Å². The topological polar surface area (TPSA) is 95.7 Å². The van der Waals surface area contributed by atoms with E-state index in [1.807, 2.05) is 0 Å². The fourth-order valence-electron chi connectivity index (χ4n) is 3.11. The molecule has 2 atom stereocenters. The van der Waals surface area contributed by atoms with Crippen LogP contribution in [0.3, 0.4) is 0 Å². The molecule has 1 aromatic carbocycles. The third-order valence-electron chi connectivity index (χ3n) is 4.31. The maximum absolute atomic E-state index is 13.2. The van der Waals surface area contributed by atoms with Crippen molar-refractivity contribution in [3.63, 3.8) is 0 Å². The maximum atomic E-state index is 13.2. The molecular weight excluding hydrogens is 341 g/mol. The molecule has 0 unspecified atom stereocenters. The van der Waals surface area contributed by atoms with Crippen molar-refractivity contribution in [3.8, 4) is 11.3 Å². The van der Waals surface area contributed by atoms with Crippen molar-refractivity contribution in [3.05, 3.63) is 41.4 Å². The molecule has 1 aliphatic rings. The standard InChI is InChI=1S/C18H20FN3O4/c1-10(23)17-15(16(21-26-17)12-3-5-13(19)6-4-12)18(25)22-8-7-14(9-22)20-11(2)24/h3-6,10,14,23H,7-9H2,1-2H3,(H,20,24)/t10-,14+/m0/s1. The number of nitrogens with one attached hydrogen (secondary N) is 1. The number of carbonyl (C=O) groups excluding carboxylic acids is 2. The van der Waals surface area contributed by atoms with Crippen LogP contribution in [0.5, 0.6) is 0 Å². The minimum atomic E-state index is -1.02. The van der Waals surface area contributed by atoms with Gasteiger partial charge in [-0.05, 0) is 37.6 Å². The minimum Gasteiger partial charge on any atom is -0.385 e. The zero-order valence-electron chi connectivity index (χ0n) is 14.5. The summed E-state index contributed by atoms with van der Waals surface area (Å²) in [7, 11) is 0. The summed E-state index contributed by atoms with van der Waals surface area (Å²) >= 11 is 0. The van der Waals surface area contributed by atoms with E-state index in [9.17, 15) is 19.1 Å². The smallest absolute Gasteiger partial charge is 0.259 e. The summed E-state index contributed by atoms with van der Waals surface area (Å²) in [5.41, 5.74) is 0.937. The van der Waals surface area contributed by atoms with Crippen LogP contribution in [0.4, 0.5) is 4.39 Å². The average molecular weight is 361 g/mol. The number of amides is 2. The van der Waals surface area contributed by atoms with Crippen LogP contribution in [0, 0.1) is 5.82 Å². The van der Waals surface area contributed by atoms with Gasteiger partial charge in [-0.3, -0.25) is 9.59 Å². The zero-order valence-corrected chi connectivity index (χ0v) is 14.5. The van der Waals surface area contributed by atoms with Crippen molar-refractivity contribution in [2.75, 3.05) is 13.1 Å². The SMILES string of the molecule is CC(=O)N[C@@H]1CCN(C(=O)c2c(-c3ccc(F)cc3)noc2[C@H](C)O)C1. The van der Waals surface area contributed by atoms with Crippen LogP contribution in [0.15, 0.2) is 28.8 Å². The molecule has 1 fully saturated rings. The van der Waals surface area contributed by atoms with E-state index in [2.05, 4.69) is 10.5 Å². The molecule has 1 saturated heterocycles. The van der Waals surface area contributed by atoms with Crippen LogP contribution < -0.4 is 5.32 Å². The number of aliphatic hydroxyl groups is 1. The highest BCUT2D eigenvalue weighted by molar-refractivity contribution is 6.01. The molecule has 2 heterocycles. The Balaban J connectivity index is 1.93. The monoisotopic (exact) mass is 361 g/mol. The molecule has 1 aliphatic heterocycles. The van der Waals surface area contributed by atoms with E-state index in [4.69, 9.17) is 4.52 Å². The molecule has 138 valence electrons. The molecule has 0 bridgehead atoms. The largest absolute Gasteiger partial charge is 0.385 e. The molecule has 2 N–H and O–H groups in total. The minimum absolute atomic E-state index is 0.0669. The molecule has 2 aromatic rings. The molecule has 0 spiro atoms. The average Bonchev–Trinajstić information content (AvgIpc) is 3.21. The van der Waals surface area contributed by atoms with Gasteiger partial charge in [0.1, 0.15) is 23.2 Å². The predicted molar refractivity (Wildman–Crippen MR) is 90.7 cm³/mol. The van der Waals surface area contributed by atoms with Gasteiger partial charge in [0.15, 0.2) is 5.76 Å². The zero-order chi connectivity index (χ0) is 18.8. The van der Waals surface area contributed by atoms with Crippen molar-refractivity contribution < 1.29 is 23.6 Å². The van der Waals surface area contributed by atoms with Gasteiger partial charge in [-0.15, -0.1) is 0 Å². The molecule has 0 radical (unpaired) electrons. The molecule has 1 aromatic heterocycles. The molecule has 7 nitrogen and oxygen atoms in total. The molecule has 2 amide bonds. The lowest BCUT2D eigenvalue weighted by atomic mass is 10.0. The van der Waals surface area contributed by atoms with Crippen molar-refractivity contribution >= 4 is 11.8 Å². The van der Waals surface area contributed by atoms with E-state index in [1.165, 1.54) is 38.1 Å². The van der Waals surface area contributed by atoms with Crippen molar-refractivity contribution in [2.45, 2.75) is 32.4 Å². The Hall–Kier alpha value is -2.74. The van der Waals surface area contributed by atoms with Gasteiger partial charge < -0.3 is 19.8 Å². The van der Waals surface area contributed by atoms with E-state index in [0.29, 0.717) is 25.1 Å². The number of carbonyl (C=O) groups is 2. The molecule has 26 heavy (non-hydrogen) atoms. The van der Waals surface area contributed by atoms with Gasteiger partial charge in [-0.2, -0.15) is 0 Å². The van der Waals surface area contributed by atoms with Crippen LogP contribution in [0.2, 0.25) is 0 Å². The molecule has 0 aliphatic carbocycles. The van der Waals surface area contributed by atoms with Crippen molar-refractivity contribution in [1.29, 1.82) is 0 Å². The van der Waals surface area contributed by atoms with Gasteiger partial charge >= 0.3 is 0 Å². The number of nitrogens with zero attached hydrogens (tertiary/aromatic N) is 2. The van der Waals surface area contributed by atoms with Crippen LogP contribution in [0.25, 0.3) is 11.3 Å². The normalized spacial score (nSPS) is 18.0. The maximum Gasteiger partial charge on any atom is 0.259 e. The molecule has 0 saturated carbocycles. The van der Waals surface area contributed by atoms with Gasteiger partial charge in [0.2, 0.25) is 5.91 Å². The fourth-order valence-corrected chi connectivity index (χ4v) is 3.11. The van der Waals surface area contributed by atoms with E-state index >= 15 is 0 Å². The highest BCUT2D eigenvalue weighted by Crippen LogP contribution is 2.31. The summed E-state index contributed by atoms with van der Waals surface area (Å²) in [4.78, 5) is 25.9. The Morgan fingerprint density at radius 2 is 2.08 bits per heavy atom. The van der Waals surface area contributed by atoms with Crippen molar-refractivity contribution in [2.24, 2.45) is 0 Å². The van der Waals surface area contributed by atoms with E-state index < -0.39 is 11.9 Å². The Labute approximate surface area is 149 Å². The van der Waals surface area contributed by atoms with Crippen LogP contribution in [-0.4, -0.2) is 46.1 Å². The fraction of sp³-hybridized carbons (Fsp3) is 0.389. The van der Waals surface area contributed by atoms with Crippen molar-refractivity contribution in [1.82, 2.24) is 15.4 Å². The summed E-state index contributed by atoms with van der Waals surface area (Å²) in [6.07, 6.45) is -0.378. The Morgan fingerprint density at radius 1 is 1.38 bits per heavy atom. The third kappa shape index (κ3) is 3.60. The predicted octanol–water partition coefficient (Wildman–Crippen LogP) is 1.88. The second-order valence-corrected chi connectivity index (χ2v) is 6.39. The Morgan fingerprint density at radius 3 is 2.69 bits per heavy atom. The summed E-state index contributed by atoms with van der Waals surface area (Å²) < 4.78 is 18.4. The van der Waals surface area contributed by atoms with Crippen LogP contribution in [0.1, 0.15) is 42.5 Å². The summed E-state index contributed by atoms with van der Waals surface area (Å²) in [6.45, 7) is 3.75. The van der Waals surface area contributed by atoms with E-state index in [0.717, 1.165) is 0 Å². The lowest BCUT2D eigenvalue weighted by molar-refractivity contribution is -0.119. The first-order chi connectivity index (χ1) is 12.4. The lowest BCUT2D eigenvalue weighted by Gasteiger charge is -2.17. The number of rotatable bonds is 4. The third-order valence-corrected chi connectivity index (χ3v) is 4.31. The second kappa shape index (κ2) is 7.25. The highest BCUT2D eigenvalue weighted by atomic mass is 19.1. The number of aromatic nitrogens is 1. The molecule has 3 rings (SSSR count). The summed E-state index contributed by atoms with van der Waals surface area (Å²) in [6, 6.07) is 5.42. The number of hydrogen-bond acceptors (Lipinski definition) is 5. The first-order valence-electron chi connectivity index (χ1n) is 8.36.